The molecule has 2 amide bonds. The van der Waals surface area contributed by atoms with Crippen molar-refractivity contribution in [2.45, 2.75) is 83.5 Å². The number of hydrogen-bond acceptors (Lipinski definition) is 2. The maximum atomic E-state index is 12.6. The minimum Gasteiger partial charge on any atom is -0.342 e. The highest BCUT2D eigenvalue weighted by atomic mass is 16.2. The quantitative estimate of drug-likeness (QED) is 0.739. The third kappa shape index (κ3) is 4.68. The summed E-state index contributed by atoms with van der Waals surface area (Å²) in [4.78, 5) is 29.4. The molecular formula is C23H38N2O2. The first-order valence-corrected chi connectivity index (χ1v) is 11.8. The minimum atomic E-state index is 0.290. The average molecular weight is 375 g/mol. The lowest BCUT2D eigenvalue weighted by molar-refractivity contribution is -0.136. The largest absolute Gasteiger partial charge is 0.342 e. The molecule has 4 unspecified atom stereocenters. The molecule has 4 aliphatic rings. The molecule has 2 saturated carbocycles. The molecule has 0 N–H and O–H groups in total. The van der Waals surface area contributed by atoms with Crippen molar-refractivity contribution < 1.29 is 9.59 Å². The highest BCUT2D eigenvalue weighted by Crippen LogP contribution is 2.37. The number of carbonyl (C=O) groups is 2. The zero-order valence-electron chi connectivity index (χ0n) is 17.0. The van der Waals surface area contributed by atoms with Crippen LogP contribution in [0.25, 0.3) is 0 Å². The Bertz CT molecular complexity index is 488. The Labute approximate surface area is 165 Å². The molecule has 2 saturated heterocycles. The molecule has 4 nitrogen and oxygen atoms in total. The number of fused-ring (bicyclic) bond motifs is 2. The summed E-state index contributed by atoms with van der Waals surface area (Å²) in [5, 5.41) is 0. The second-order valence-corrected chi connectivity index (χ2v) is 9.72. The molecule has 152 valence electrons. The van der Waals surface area contributed by atoms with E-state index in [1.165, 1.54) is 64.2 Å². The first kappa shape index (κ1) is 19.3. The van der Waals surface area contributed by atoms with E-state index in [1.807, 2.05) is 0 Å². The van der Waals surface area contributed by atoms with Gasteiger partial charge in [0.1, 0.15) is 0 Å². The van der Waals surface area contributed by atoms with Gasteiger partial charge in [-0.2, -0.15) is 0 Å². The van der Waals surface area contributed by atoms with Crippen molar-refractivity contribution in [2.75, 3.05) is 26.2 Å². The lowest BCUT2D eigenvalue weighted by atomic mass is 9.75. The topological polar surface area (TPSA) is 40.6 Å². The Kier molecular flexibility index (Phi) is 6.39. The van der Waals surface area contributed by atoms with Gasteiger partial charge in [0.25, 0.3) is 0 Å². The number of likely N-dealkylation sites (tertiary alicyclic amines) is 2. The molecule has 4 heteroatoms. The van der Waals surface area contributed by atoms with Crippen LogP contribution in [-0.2, 0) is 9.59 Å². The van der Waals surface area contributed by atoms with Crippen molar-refractivity contribution in [2.24, 2.45) is 23.7 Å². The van der Waals surface area contributed by atoms with Crippen molar-refractivity contribution in [1.82, 2.24) is 9.80 Å². The van der Waals surface area contributed by atoms with Crippen LogP contribution in [0, 0.1) is 23.7 Å². The van der Waals surface area contributed by atoms with Crippen LogP contribution in [0.5, 0.6) is 0 Å². The lowest BCUT2D eigenvalue weighted by Crippen LogP contribution is -2.45. The van der Waals surface area contributed by atoms with Gasteiger partial charge in [-0.3, -0.25) is 9.59 Å². The van der Waals surface area contributed by atoms with Gasteiger partial charge in [-0.15, -0.1) is 0 Å². The van der Waals surface area contributed by atoms with E-state index < -0.39 is 0 Å². The molecule has 0 bridgehead atoms. The molecule has 0 spiro atoms. The van der Waals surface area contributed by atoms with Crippen LogP contribution in [0.1, 0.15) is 83.5 Å². The molecule has 4 atom stereocenters. The molecular weight excluding hydrogens is 336 g/mol. The molecule has 0 aromatic heterocycles. The maximum Gasteiger partial charge on any atom is 0.222 e. The lowest BCUT2D eigenvalue weighted by Gasteiger charge is -2.41. The van der Waals surface area contributed by atoms with Crippen molar-refractivity contribution in [1.29, 1.82) is 0 Å². The molecule has 0 aromatic rings. The van der Waals surface area contributed by atoms with E-state index in [0.29, 0.717) is 12.8 Å². The third-order valence-electron chi connectivity index (χ3n) is 8.07. The Morgan fingerprint density at radius 3 is 1.44 bits per heavy atom. The van der Waals surface area contributed by atoms with E-state index in [1.54, 1.807) is 0 Å². The molecule has 0 aromatic carbocycles. The number of piperidine rings is 2. The van der Waals surface area contributed by atoms with Crippen molar-refractivity contribution >= 4 is 11.8 Å². The Morgan fingerprint density at radius 1 is 0.593 bits per heavy atom. The summed E-state index contributed by atoms with van der Waals surface area (Å²) < 4.78 is 0. The van der Waals surface area contributed by atoms with Crippen molar-refractivity contribution in [3.8, 4) is 0 Å². The van der Waals surface area contributed by atoms with Crippen LogP contribution in [-0.4, -0.2) is 47.8 Å². The maximum absolute atomic E-state index is 12.6. The SMILES string of the molecule is O=C(CCCC(=O)N1CCC2CCCCC2C1)N1CCC2CCCCC2C1. The minimum absolute atomic E-state index is 0.290. The number of nitrogens with zero attached hydrogens (tertiary/aromatic N) is 2. The van der Waals surface area contributed by atoms with Gasteiger partial charge in [0, 0.05) is 39.0 Å². The standard InChI is InChI=1S/C23H38N2O2/c26-22(24-14-12-18-6-1-3-8-20(18)16-24)10-5-11-23(27)25-15-13-19-7-2-4-9-21(19)17-25/h18-21H,1-17H2. The smallest absolute Gasteiger partial charge is 0.222 e. The van der Waals surface area contributed by atoms with Crippen LogP contribution in [0.4, 0.5) is 0 Å². The zero-order chi connectivity index (χ0) is 18.6. The van der Waals surface area contributed by atoms with Gasteiger partial charge in [-0.25, -0.2) is 0 Å². The van der Waals surface area contributed by atoms with Gasteiger partial charge in [0.2, 0.25) is 11.8 Å². The zero-order valence-corrected chi connectivity index (χ0v) is 17.0. The van der Waals surface area contributed by atoms with Crippen molar-refractivity contribution in [3.63, 3.8) is 0 Å². The summed E-state index contributed by atoms with van der Waals surface area (Å²) in [7, 11) is 0. The predicted octanol–water partition coefficient (Wildman–Crippen LogP) is 4.23. The summed E-state index contributed by atoms with van der Waals surface area (Å²) in [5.74, 6) is 3.81. The summed E-state index contributed by atoms with van der Waals surface area (Å²) >= 11 is 0. The summed E-state index contributed by atoms with van der Waals surface area (Å²) in [6.45, 7) is 3.85. The monoisotopic (exact) mass is 374 g/mol. The predicted molar refractivity (Wildman–Crippen MR) is 107 cm³/mol. The fourth-order valence-corrected chi connectivity index (χ4v) is 6.36. The van der Waals surface area contributed by atoms with E-state index in [4.69, 9.17) is 0 Å². The second-order valence-electron chi connectivity index (χ2n) is 9.72. The van der Waals surface area contributed by atoms with Crippen LogP contribution in [0.3, 0.4) is 0 Å². The first-order chi connectivity index (χ1) is 13.2. The van der Waals surface area contributed by atoms with Crippen LogP contribution < -0.4 is 0 Å². The molecule has 0 radical (unpaired) electrons. The summed E-state index contributed by atoms with van der Waals surface area (Å²) in [5.41, 5.74) is 0. The van der Waals surface area contributed by atoms with Crippen molar-refractivity contribution in [3.05, 3.63) is 0 Å². The molecule has 2 aliphatic carbocycles. The van der Waals surface area contributed by atoms with Crippen LogP contribution in [0.2, 0.25) is 0 Å². The van der Waals surface area contributed by atoms with Crippen LogP contribution >= 0.6 is 0 Å². The molecule has 4 rings (SSSR count). The third-order valence-corrected chi connectivity index (χ3v) is 8.07. The van der Waals surface area contributed by atoms with Gasteiger partial charge in [0.05, 0.1) is 0 Å². The van der Waals surface area contributed by atoms with Gasteiger partial charge >= 0.3 is 0 Å². The van der Waals surface area contributed by atoms with E-state index >= 15 is 0 Å². The molecule has 27 heavy (non-hydrogen) atoms. The Morgan fingerprint density at radius 2 is 1.00 bits per heavy atom. The molecule has 4 fully saturated rings. The average Bonchev–Trinajstić information content (AvgIpc) is 2.72. The number of amides is 2. The van der Waals surface area contributed by atoms with E-state index in [0.717, 1.165) is 56.3 Å². The highest BCUT2D eigenvalue weighted by molar-refractivity contribution is 5.79. The summed E-state index contributed by atoms with van der Waals surface area (Å²) in [6, 6.07) is 0. The normalized spacial score (nSPS) is 33.9. The van der Waals surface area contributed by atoms with E-state index in [2.05, 4.69) is 9.80 Å². The summed E-state index contributed by atoms with van der Waals surface area (Å²) in [6.07, 6.45) is 15.1. The molecule has 2 heterocycles. The first-order valence-electron chi connectivity index (χ1n) is 11.8. The highest BCUT2D eigenvalue weighted by Gasteiger charge is 2.34. The Balaban J connectivity index is 1.17. The Hall–Kier alpha value is -1.06. The van der Waals surface area contributed by atoms with Gasteiger partial charge in [0.15, 0.2) is 0 Å². The number of rotatable bonds is 4. The molecule has 2 aliphatic heterocycles. The number of carbonyl (C=O) groups excluding carboxylic acids is 2. The van der Waals surface area contributed by atoms with E-state index in [-0.39, 0.29) is 11.8 Å². The van der Waals surface area contributed by atoms with Crippen LogP contribution in [0.15, 0.2) is 0 Å². The fraction of sp³-hybridized carbons (Fsp3) is 0.913. The van der Waals surface area contributed by atoms with Gasteiger partial charge < -0.3 is 9.80 Å². The second kappa shape index (κ2) is 8.96. The van der Waals surface area contributed by atoms with E-state index in [9.17, 15) is 9.59 Å². The number of hydrogen-bond donors (Lipinski definition) is 0. The van der Waals surface area contributed by atoms with Gasteiger partial charge in [-0.1, -0.05) is 38.5 Å². The van der Waals surface area contributed by atoms with Gasteiger partial charge in [-0.05, 0) is 55.8 Å². The fourth-order valence-electron chi connectivity index (χ4n) is 6.36.